The molecule has 0 heterocycles. The number of rotatable bonds is 3. The van der Waals surface area contributed by atoms with Crippen LogP contribution in [0.5, 0.6) is 0 Å². The molecular weight excluding hydrogens is 372 g/mol. The molecule has 3 saturated carbocycles. The summed E-state index contributed by atoms with van der Waals surface area (Å²) in [4.78, 5) is 2.68. The Hall–Kier alpha value is -1.40. The van der Waals surface area contributed by atoms with Gasteiger partial charge in [0.2, 0.25) is 0 Å². The number of hydrogen-bond donors (Lipinski definition) is 2. The Bertz CT molecular complexity index is 906. The summed E-state index contributed by atoms with van der Waals surface area (Å²) in [7, 11) is -3.68. The lowest BCUT2D eigenvalue weighted by molar-refractivity contribution is -0.152. The first-order valence-corrected chi connectivity index (χ1v) is 11.8. The molecule has 6 heteroatoms. The summed E-state index contributed by atoms with van der Waals surface area (Å²) in [5, 5.41) is 15.8. The molecule has 1 aromatic carbocycles. The molecule has 5 nitrogen and oxygen atoms in total. The second kappa shape index (κ2) is 6.30. The lowest BCUT2D eigenvalue weighted by Crippen LogP contribution is -2.57. The van der Waals surface area contributed by atoms with Gasteiger partial charge in [-0.2, -0.15) is 13.5 Å². The molecule has 3 aliphatic rings. The van der Waals surface area contributed by atoms with Crippen LogP contribution in [-0.2, 0) is 10.0 Å². The molecule has 4 atom stereocenters. The molecule has 3 unspecified atom stereocenters. The molecule has 0 aromatic heterocycles. The summed E-state index contributed by atoms with van der Waals surface area (Å²) in [5.74, 6) is 0.915. The van der Waals surface area contributed by atoms with E-state index in [0.29, 0.717) is 36.5 Å². The number of aryl methyl sites for hydroxylation is 1. The van der Waals surface area contributed by atoms with Crippen molar-refractivity contribution in [2.75, 3.05) is 0 Å². The van der Waals surface area contributed by atoms with Crippen LogP contribution >= 0.6 is 0 Å². The Morgan fingerprint density at radius 2 is 1.79 bits per heavy atom. The average Bonchev–Trinajstić information content (AvgIpc) is 2.66. The first kappa shape index (κ1) is 19.9. The van der Waals surface area contributed by atoms with Crippen molar-refractivity contribution in [1.82, 2.24) is 4.83 Å². The first-order valence-electron chi connectivity index (χ1n) is 10.3. The largest absolute Gasteiger partial charge is 0.390 e. The van der Waals surface area contributed by atoms with E-state index >= 15 is 0 Å². The maximum Gasteiger partial charge on any atom is 0.276 e. The van der Waals surface area contributed by atoms with Gasteiger partial charge in [-0.3, -0.25) is 0 Å². The molecule has 2 N–H and O–H groups in total. The Labute approximate surface area is 168 Å². The predicted octanol–water partition coefficient (Wildman–Crippen LogP) is 4.01. The third kappa shape index (κ3) is 3.18. The average molecular weight is 405 g/mol. The van der Waals surface area contributed by atoms with Crippen LogP contribution in [0.4, 0.5) is 0 Å². The van der Waals surface area contributed by atoms with Gasteiger partial charge < -0.3 is 5.11 Å². The number of fused-ring (bicyclic) bond motifs is 4. The van der Waals surface area contributed by atoms with E-state index in [1.54, 1.807) is 24.3 Å². The molecule has 1 aromatic rings. The van der Waals surface area contributed by atoms with Crippen molar-refractivity contribution in [3.8, 4) is 0 Å². The van der Waals surface area contributed by atoms with Crippen molar-refractivity contribution in [2.45, 2.75) is 76.7 Å². The Balaban J connectivity index is 1.57. The highest BCUT2D eigenvalue weighted by atomic mass is 32.2. The Morgan fingerprint density at radius 1 is 1.11 bits per heavy atom. The van der Waals surface area contributed by atoms with E-state index in [2.05, 4.69) is 30.7 Å². The zero-order valence-corrected chi connectivity index (χ0v) is 18.1. The van der Waals surface area contributed by atoms with E-state index in [9.17, 15) is 13.5 Å². The SMILES string of the molecule is Cc1ccc(S(=O)(=O)N/N=C2/CCC3(O)CC2(C)CCC2[C@H]3CC2(C)C)cc1. The van der Waals surface area contributed by atoms with Gasteiger partial charge in [-0.25, -0.2) is 4.83 Å². The van der Waals surface area contributed by atoms with Gasteiger partial charge in [-0.15, -0.1) is 0 Å². The van der Waals surface area contributed by atoms with E-state index in [0.717, 1.165) is 30.5 Å². The van der Waals surface area contributed by atoms with Crippen molar-refractivity contribution in [3.05, 3.63) is 29.8 Å². The summed E-state index contributed by atoms with van der Waals surface area (Å²) in [6.45, 7) is 8.68. The maximum absolute atomic E-state index is 12.6. The van der Waals surface area contributed by atoms with Crippen molar-refractivity contribution < 1.29 is 13.5 Å². The molecule has 3 aliphatic carbocycles. The minimum Gasteiger partial charge on any atom is -0.390 e. The zero-order chi connectivity index (χ0) is 20.4. The van der Waals surface area contributed by atoms with Gasteiger partial charge in [0.25, 0.3) is 10.0 Å². The van der Waals surface area contributed by atoms with Crippen LogP contribution in [0.15, 0.2) is 34.3 Å². The van der Waals surface area contributed by atoms with Crippen LogP contribution in [-0.4, -0.2) is 24.8 Å². The normalized spacial score (nSPS) is 38.2. The number of hydrogen-bond acceptors (Lipinski definition) is 4. The number of sulfonamides is 1. The van der Waals surface area contributed by atoms with Gasteiger partial charge in [0.05, 0.1) is 10.5 Å². The summed E-state index contributed by atoms with van der Waals surface area (Å²) >= 11 is 0. The maximum atomic E-state index is 12.6. The van der Waals surface area contributed by atoms with E-state index in [4.69, 9.17) is 0 Å². The van der Waals surface area contributed by atoms with Crippen molar-refractivity contribution in [3.63, 3.8) is 0 Å². The standard InChI is InChI=1S/C22H32N2O3S/c1-15-5-7-16(8-6-15)28(26,27)24-23-19-10-12-22(25)14-21(19,4)11-9-17-18(22)13-20(17,2)3/h5-8,17-18,24-25H,9-14H2,1-4H3/b23-19-/t17?,18-,21?,22?/m1/s1. The van der Waals surface area contributed by atoms with E-state index in [-0.39, 0.29) is 10.3 Å². The summed E-state index contributed by atoms with van der Waals surface area (Å²) in [5.41, 5.74) is 1.29. The molecule has 28 heavy (non-hydrogen) atoms. The van der Waals surface area contributed by atoms with Gasteiger partial charge >= 0.3 is 0 Å². The molecule has 0 spiro atoms. The summed E-state index contributed by atoms with van der Waals surface area (Å²) < 4.78 is 25.3. The van der Waals surface area contributed by atoms with E-state index < -0.39 is 15.6 Å². The Morgan fingerprint density at radius 3 is 2.43 bits per heavy atom. The number of benzene rings is 1. The number of nitrogens with zero attached hydrogens (tertiary/aromatic N) is 1. The fourth-order valence-electron chi connectivity index (χ4n) is 6.00. The van der Waals surface area contributed by atoms with Crippen LogP contribution in [0.25, 0.3) is 0 Å². The van der Waals surface area contributed by atoms with Crippen molar-refractivity contribution in [2.24, 2.45) is 27.8 Å². The fraction of sp³-hybridized carbons (Fsp3) is 0.682. The fourth-order valence-corrected chi connectivity index (χ4v) is 6.83. The van der Waals surface area contributed by atoms with Crippen LogP contribution in [0.1, 0.15) is 64.9 Å². The first-order chi connectivity index (χ1) is 13.0. The quantitative estimate of drug-likeness (QED) is 0.747. The molecule has 0 radical (unpaired) electrons. The minimum atomic E-state index is -3.68. The molecule has 3 fully saturated rings. The van der Waals surface area contributed by atoms with Gasteiger partial charge in [-0.05, 0) is 74.8 Å². The topological polar surface area (TPSA) is 78.8 Å². The monoisotopic (exact) mass is 404 g/mol. The highest BCUT2D eigenvalue weighted by molar-refractivity contribution is 7.89. The third-order valence-corrected chi connectivity index (χ3v) is 8.98. The van der Waals surface area contributed by atoms with Crippen LogP contribution < -0.4 is 4.83 Å². The minimum absolute atomic E-state index is 0.223. The number of hydrazone groups is 1. The predicted molar refractivity (Wildman–Crippen MR) is 110 cm³/mol. The summed E-state index contributed by atoms with van der Waals surface area (Å²) in [6, 6.07) is 6.77. The van der Waals surface area contributed by atoms with Gasteiger partial charge in [0.15, 0.2) is 0 Å². The molecule has 0 saturated heterocycles. The molecule has 4 rings (SSSR count). The van der Waals surface area contributed by atoms with Crippen molar-refractivity contribution in [1.29, 1.82) is 0 Å². The van der Waals surface area contributed by atoms with Crippen LogP contribution in [0, 0.1) is 29.6 Å². The second-order valence-electron chi connectivity index (χ2n) is 10.3. The lowest BCUT2D eigenvalue weighted by Gasteiger charge is -2.58. The molecule has 0 amide bonds. The van der Waals surface area contributed by atoms with E-state index in [1.165, 1.54) is 0 Å². The number of nitrogens with one attached hydrogen (secondary N) is 1. The van der Waals surface area contributed by atoms with Gasteiger partial charge in [-0.1, -0.05) is 38.5 Å². The highest BCUT2D eigenvalue weighted by Gasteiger charge is 2.61. The van der Waals surface area contributed by atoms with E-state index in [1.807, 2.05) is 6.92 Å². The smallest absolute Gasteiger partial charge is 0.276 e. The molecule has 154 valence electrons. The van der Waals surface area contributed by atoms with Gasteiger partial charge in [0, 0.05) is 11.1 Å². The molecule has 2 bridgehead atoms. The number of aliphatic hydroxyl groups is 1. The molecule has 0 aliphatic heterocycles. The van der Waals surface area contributed by atoms with Crippen LogP contribution in [0.2, 0.25) is 0 Å². The zero-order valence-electron chi connectivity index (χ0n) is 17.3. The second-order valence-corrected chi connectivity index (χ2v) is 11.9. The van der Waals surface area contributed by atoms with Gasteiger partial charge in [0.1, 0.15) is 0 Å². The summed E-state index contributed by atoms with van der Waals surface area (Å²) in [6.07, 6.45) is 5.10. The Kier molecular flexibility index (Phi) is 4.47. The van der Waals surface area contributed by atoms with Crippen LogP contribution in [0.3, 0.4) is 0 Å². The third-order valence-electron chi connectivity index (χ3n) is 7.75. The van der Waals surface area contributed by atoms with Crippen molar-refractivity contribution >= 4 is 15.7 Å². The lowest BCUT2D eigenvalue weighted by atomic mass is 9.49. The molecular formula is C22H32N2O3S. The highest BCUT2D eigenvalue weighted by Crippen LogP contribution is 2.64.